The zero-order chi connectivity index (χ0) is 15.5. The molecule has 0 atom stereocenters. The van der Waals surface area contributed by atoms with Crippen LogP contribution in [0.3, 0.4) is 0 Å². The highest BCUT2D eigenvalue weighted by Gasteiger charge is 2.08. The molecule has 0 aliphatic carbocycles. The number of amides is 1. The molecular weight excluding hydrogens is 292 g/mol. The lowest BCUT2D eigenvalue weighted by Crippen LogP contribution is -2.25. The van der Waals surface area contributed by atoms with E-state index in [0.29, 0.717) is 37.1 Å². The number of aryl methyl sites for hydroxylation is 1. The number of nitrogens with zero attached hydrogens (tertiary/aromatic N) is 1. The fraction of sp³-hybridized carbons (Fsp3) is 0.600. The van der Waals surface area contributed by atoms with Crippen molar-refractivity contribution in [1.82, 2.24) is 10.3 Å². The third-order valence-corrected chi connectivity index (χ3v) is 2.99. The maximum atomic E-state index is 12.0. The Labute approximate surface area is 131 Å². The van der Waals surface area contributed by atoms with Crippen LogP contribution in [0.25, 0.3) is 0 Å². The second-order valence-corrected chi connectivity index (χ2v) is 5.02. The number of aromatic nitrogens is 1. The molecule has 118 valence electrons. The quantitative estimate of drug-likeness (QED) is 0.532. The first-order chi connectivity index (χ1) is 10.2. The molecule has 0 fully saturated rings. The minimum absolute atomic E-state index is 0.131. The zero-order valence-electron chi connectivity index (χ0n) is 12.7. The Bertz CT molecular complexity index is 441. The summed E-state index contributed by atoms with van der Waals surface area (Å²) in [5.74, 6) is -0.131. The van der Waals surface area contributed by atoms with Gasteiger partial charge in [-0.05, 0) is 25.0 Å². The van der Waals surface area contributed by atoms with Crippen molar-refractivity contribution in [2.24, 2.45) is 0 Å². The molecule has 0 aliphatic rings. The van der Waals surface area contributed by atoms with Crippen molar-refractivity contribution in [2.45, 2.75) is 26.2 Å². The van der Waals surface area contributed by atoms with Gasteiger partial charge >= 0.3 is 0 Å². The van der Waals surface area contributed by atoms with Crippen LogP contribution in [0.4, 0.5) is 0 Å². The van der Waals surface area contributed by atoms with Gasteiger partial charge in [-0.3, -0.25) is 4.79 Å². The summed E-state index contributed by atoms with van der Waals surface area (Å²) in [4.78, 5) is 16.2. The Balaban J connectivity index is 2.34. The molecule has 0 unspecified atom stereocenters. The van der Waals surface area contributed by atoms with Crippen LogP contribution >= 0.6 is 11.6 Å². The number of ether oxygens (including phenoxy) is 2. The van der Waals surface area contributed by atoms with Gasteiger partial charge in [0.15, 0.2) is 0 Å². The lowest BCUT2D eigenvalue weighted by molar-refractivity contribution is 0.0688. The van der Waals surface area contributed by atoms with E-state index in [0.717, 1.165) is 25.0 Å². The summed E-state index contributed by atoms with van der Waals surface area (Å²) in [7, 11) is 1.64. The molecule has 5 nitrogen and oxygen atoms in total. The van der Waals surface area contributed by atoms with Crippen LogP contribution in [0.15, 0.2) is 12.1 Å². The van der Waals surface area contributed by atoms with Gasteiger partial charge in [0.05, 0.1) is 13.2 Å². The smallest absolute Gasteiger partial charge is 0.251 e. The van der Waals surface area contributed by atoms with E-state index in [-0.39, 0.29) is 5.91 Å². The second kappa shape index (κ2) is 10.5. The normalized spacial score (nSPS) is 10.6. The fourth-order valence-electron chi connectivity index (χ4n) is 1.79. The van der Waals surface area contributed by atoms with Crippen molar-refractivity contribution in [3.63, 3.8) is 0 Å². The van der Waals surface area contributed by atoms with E-state index in [9.17, 15) is 4.79 Å². The fourth-order valence-corrected chi connectivity index (χ4v) is 2.02. The average Bonchev–Trinajstić information content (AvgIpc) is 2.46. The van der Waals surface area contributed by atoms with E-state index in [1.807, 2.05) is 0 Å². The topological polar surface area (TPSA) is 60.5 Å². The monoisotopic (exact) mass is 314 g/mol. The van der Waals surface area contributed by atoms with Crippen molar-refractivity contribution >= 4 is 17.5 Å². The Morgan fingerprint density at radius 3 is 2.86 bits per heavy atom. The van der Waals surface area contributed by atoms with Crippen molar-refractivity contribution < 1.29 is 14.3 Å². The van der Waals surface area contributed by atoms with Crippen molar-refractivity contribution in [2.75, 3.05) is 33.5 Å². The van der Waals surface area contributed by atoms with E-state index < -0.39 is 0 Å². The van der Waals surface area contributed by atoms with Gasteiger partial charge in [-0.2, -0.15) is 0 Å². The summed E-state index contributed by atoms with van der Waals surface area (Å²) < 4.78 is 10.2. The molecule has 1 aromatic heterocycles. The Morgan fingerprint density at radius 1 is 1.33 bits per heavy atom. The number of hydrogen-bond acceptors (Lipinski definition) is 4. The summed E-state index contributed by atoms with van der Waals surface area (Å²) in [6, 6.07) is 3.38. The Morgan fingerprint density at radius 2 is 2.14 bits per heavy atom. The predicted octanol–water partition coefficient (Wildman–Crippen LogP) is 2.47. The third kappa shape index (κ3) is 7.41. The van der Waals surface area contributed by atoms with Gasteiger partial charge in [0.25, 0.3) is 5.91 Å². The lowest BCUT2D eigenvalue weighted by Gasteiger charge is -2.08. The highest BCUT2D eigenvalue weighted by Crippen LogP contribution is 2.12. The lowest BCUT2D eigenvalue weighted by atomic mass is 10.1. The molecule has 1 aromatic rings. The van der Waals surface area contributed by atoms with E-state index >= 15 is 0 Å². The summed E-state index contributed by atoms with van der Waals surface area (Å²) in [6.07, 6.45) is 2.54. The maximum absolute atomic E-state index is 12.0. The number of halogens is 1. The predicted molar refractivity (Wildman–Crippen MR) is 82.9 cm³/mol. The van der Waals surface area contributed by atoms with Crippen LogP contribution in [0, 0.1) is 0 Å². The van der Waals surface area contributed by atoms with Crippen LogP contribution in [-0.2, 0) is 15.9 Å². The number of carbonyl (C=O) groups is 1. The third-order valence-electron chi connectivity index (χ3n) is 2.80. The van der Waals surface area contributed by atoms with E-state index in [4.69, 9.17) is 21.1 Å². The van der Waals surface area contributed by atoms with E-state index in [1.54, 1.807) is 19.2 Å². The number of carbonyl (C=O) groups excluding carboxylic acids is 1. The zero-order valence-corrected chi connectivity index (χ0v) is 13.4. The summed E-state index contributed by atoms with van der Waals surface area (Å²) in [5, 5.41) is 3.21. The van der Waals surface area contributed by atoms with Crippen molar-refractivity contribution in [1.29, 1.82) is 0 Å². The van der Waals surface area contributed by atoms with Gasteiger partial charge < -0.3 is 14.8 Å². The molecule has 0 spiro atoms. The number of nitrogens with one attached hydrogen (secondary N) is 1. The SMILES string of the molecule is CCCc1cc(C(=O)NCCCOCCOC)cc(Cl)n1. The highest BCUT2D eigenvalue weighted by molar-refractivity contribution is 6.29. The Kier molecular flexibility index (Phi) is 8.98. The van der Waals surface area contributed by atoms with Crippen LogP contribution in [0.5, 0.6) is 0 Å². The van der Waals surface area contributed by atoms with Crippen molar-refractivity contribution in [3.8, 4) is 0 Å². The van der Waals surface area contributed by atoms with Gasteiger partial charge in [0.2, 0.25) is 0 Å². The molecule has 0 aromatic carbocycles. The van der Waals surface area contributed by atoms with Crippen LogP contribution in [-0.4, -0.2) is 44.4 Å². The molecule has 0 bridgehead atoms. The molecule has 1 N–H and O–H groups in total. The largest absolute Gasteiger partial charge is 0.382 e. The first-order valence-electron chi connectivity index (χ1n) is 7.18. The molecular formula is C15H23ClN2O3. The molecule has 0 aliphatic heterocycles. The van der Waals surface area contributed by atoms with Gasteiger partial charge in [0.1, 0.15) is 5.15 Å². The maximum Gasteiger partial charge on any atom is 0.251 e. The molecule has 0 saturated heterocycles. The van der Waals surface area contributed by atoms with Gasteiger partial charge in [0, 0.05) is 31.5 Å². The minimum Gasteiger partial charge on any atom is -0.382 e. The molecule has 21 heavy (non-hydrogen) atoms. The van der Waals surface area contributed by atoms with E-state index in [2.05, 4.69) is 17.2 Å². The molecule has 1 heterocycles. The van der Waals surface area contributed by atoms with Crippen molar-refractivity contribution in [3.05, 3.63) is 28.5 Å². The number of pyridine rings is 1. The Hall–Kier alpha value is -1.17. The standard InChI is InChI=1S/C15H23ClN2O3/c1-3-5-13-10-12(11-14(16)18-13)15(19)17-6-4-7-21-9-8-20-2/h10-11H,3-9H2,1-2H3,(H,17,19). The highest BCUT2D eigenvalue weighted by atomic mass is 35.5. The minimum atomic E-state index is -0.131. The second-order valence-electron chi connectivity index (χ2n) is 4.63. The summed E-state index contributed by atoms with van der Waals surface area (Å²) >= 11 is 5.94. The van der Waals surface area contributed by atoms with Gasteiger partial charge in [-0.25, -0.2) is 4.98 Å². The van der Waals surface area contributed by atoms with E-state index in [1.165, 1.54) is 0 Å². The summed E-state index contributed by atoms with van der Waals surface area (Å²) in [5.41, 5.74) is 1.40. The summed E-state index contributed by atoms with van der Waals surface area (Å²) in [6.45, 7) is 4.38. The molecule has 6 heteroatoms. The molecule has 0 radical (unpaired) electrons. The van der Waals surface area contributed by atoms with Gasteiger partial charge in [-0.1, -0.05) is 24.9 Å². The van der Waals surface area contributed by atoms with Crippen LogP contribution in [0.2, 0.25) is 5.15 Å². The number of rotatable bonds is 10. The van der Waals surface area contributed by atoms with Gasteiger partial charge in [-0.15, -0.1) is 0 Å². The first-order valence-corrected chi connectivity index (χ1v) is 7.56. The average molecular weight is 315 g/mol. The van der Waals surface area contributed by atoms with Crippen LogP contribution in [0.1, 0.15) is 35.8 Å². The first kappa shape index (κ1) is 17.9. The number of methoxy groups -OCH3 is 1. The molecule has 0 saturated carbocycles. The molecule has 1 rings (SSSR count). The molecule has 1 amide bonds. The van der Waals surface area contributed by atoms with Crippen LogP contribution < -0.4 is 5.32 Å². The number of hydrogen-bond donors (Lipinski definition) is 1.